The topological polar surface area (TPSA) is 104 Å². The van der Waals surface area contributed by atoms with Crippen LogP contribution < -0.4 is 16.4 Å². The minimum absolute atomic E-state index is 0.175. The van der Waals surface area contributed by atoms with E-state index < -0.39 is 11.8 Å². The van der Waals surface area contributed by atoms with Gasteiger partial charge in [0.2, 0.25) is 0 Å². The maximum absolute atomic E-state index is 13.7. The van der Waals surface area contributed by atoms with Gasteiger partial charge in [0.05, 0.1) is 11.4 Å². The summed E-state index contributed by atoms with van der Waals surface area (Å²) in [4.78, 5) is 20.3. The van der Waals surface area contributed by atoms with Crippen molar-refractivity contribution in [1.82, 2.24) is 25.2 Å². The zero-order valence-corrected chi connectivity index (χ0v) is 22.1. The first-order chi connectivity index (χ1) is 18.3. The Morgan fingerprint density at radius 2 is 1.97 bits per heavy atom. The molecule has 3 aromatic heterocycles. The predicted octanol–water partition coefficient (Wildman–Crippen LogP) is 4.64. The van der Waals surface area contributed by atoms with Crippen LogP contribution in [-0.4, -0.2) is 51.9 Å². The molecule has 8 nitrogen and oxygen atoms in total. The van der Waals surface area contributed by atoms with Gasteiger partial charge < -0.3 is 16.4 Å². The molecule has 1 aliphatic carbocycles. The summed E-state index contributed by atoms with van der Waals surface area (Å²) in [6, 6.07) is 4.60. The average molecular weight is 521 g/mol. The van der Waals surface area contributed by atoms with Gasteiger partial charge in [0.25, 0.3) is 5.95 Å². The van der Waals surface area contributed by atoms with Crippen LogP contribution in [-0.2, 0) is 6.54 Å². The molecule has 0 aromatic carbocycles. The van der Waals surface area contributed by atoms with Gasteiger partial charge in [0.1, 0.15) is 17.5 Å². The number of pyridine rings is 3. The van der Waals surface area contributed by atoms with Crippen molar-refractivity contribution in [3.63, 3.8) is 0 Å². The number of nitrogens with zero attached hydrogens (tertiary/aromatic N) is 5. The molecule has 4 heterocycles. The number of aliphatic imine (C=N–C) groups is 1. The Kier molecular flexibility index (Phi) is 7.62. The van der Waals surface area contributed by atoms with E-state index in [2.05, 4.69) is 39.3 Å². The fraction of sp³-hybridized carbons (Fsp3) is 0.429. The zero-order chi connectivity index (χ0) is 26.8. The lowest BCUT2D eigenvalue weighted by Crippen LogP contribution is -2.43. The Morgan fingerprint density at radius 1 is 1.21 bits per heavy atom. The molecule has 1 aliphatic heterocycles. The van der Waals surface area contributed by atoms with Crippen molar-refractivity contribution >= 4 is 23.2 Å². The summed E-state index contributed by atoms with van der Waals surface area (Å²) in [5.74, 6) is -0.539. The summed E-state index contributed by atoms with van der Waals surface area (Å²) in [6.07, 6.45) is 5.99. The lowest BCUT2D eigenvalue weighted by molar-refractivity contribution is 0.233. The molecular formula is C28H34F2N8. The van der Waals surface area contributed by atoms with Gasteiger partial charge in [-0.25, -0.2) is 14.4 Å². The predicted molar refractivity (Wildman–Crippen MR) is 145 cm³/mol. The van der Waals surface area contributed by atoms with Gasteiger partial charge >= 0.3 is 0 Å². The number of aryl methyl sites for hydroxylation is 1. The summed E-state index contributed by atoms with van der Waals surface area (Å²) >= 11 is 0. The Bertz CT molecular complexity index is 1350. The number of halogens is 2. The van der Waals surface area contributed by atoms with Gasteiger partial charge in [-0.15, -0.1) is 0 Å². The van der Waals surface area contributed by atoms with Gasteiger partial charge in [-0.2, -0.15) is 9.37 Å². The molecular weight excluding hydrogens is 486 g/mol. The highest BCUT2D eigenvalue weighted by Crippen LogP contribution is 2.45. The van der Waals surface area contributed by atoms with E-state index in [0.29, 0.717) is 28.7 Å². The van der Waals surface area contributed by atoms with E-state index in [1.165, 1.54) is 24.0 Å². The second-order valence-electron chi connectivity index (χ2n) is 10.4. The third-order valence-corrected chi connectivity index (χ3v) is 7.03. The van der Waals surface area contributed by atoms with Crippen LogP contribution in [0, 0.1) is 18.7 Å². The largest absolute Gasteiger partial charge is 0.383 e. The van der Waals surface area contributed by atoms with Crippen molar-refractivity contribution in [3.8, 4) is 0 Å². The number of piperazine rings is 1. The second kappa shape index (κ2) is 11.1. The second-order valence-corrected chi connectivity index (χ2v) is 10.4. The van der Waals surface area contributed by atoms with Crippen LogP contribution in [0.5, 0.6) is 0 Å². The molecule has 5 rings (SSSR count). The molecule has 0 radical (unpaired) electrons. The normalized spacial score (nSPS) is 16.7. The standard InChI is InChI=1S/C28H34F2N8/c1-16(2)24-25(21(15-38-10-8-32-9-11-38)20(14-34-24)18-4-5-18)36-27(31)19-6-7-33-23(13-19)35-28-17(3)12-22(29)26(30)37-28/h6-7,12-14,16,18,32H,4-5,8-11,15H2,1-3H3,(H2,31,36)(H,33,35,37). The van der Waals surface area contributed by atoms with E-state index >= 15 is 0 Å². The Labute approximate surface area is 221 Å². The smallest absolute Gasteiger partial charge is 0.250 e. The maximum Gasteiger partial charge on any atom is 0.250 e. The highest BCUT2D eigenvalue weighted by atomic mass is 19.2. The molecule has 0 spiro atoms. The van der Waals surface area contributed by atoms with Crippen LogP contribution in [0.1, 0.15) is 66.5 Å². The highest BCUT2D eigenvalue weighted by molar-refractivity contribution is 6.00. The first-order valence-corrected chi connectivity index (χ1v) is 13.1. The van der Waals surface area contributed by atoms with Crippen molar-refractivity contribution in [2.45, 2.75) is 52.0 Å². The summed E-state index contributed by atoms with van der Waals surface area (Å²) in [6.45, 7) is 10.6. The number of anilines is 2. The Morgan fingerprint density at radius 3 is 2.68 bits per heavy atom. The number of nitrogens with two attached hydrogens (primary N) is 1. The van der Waals surface area contributed by atoms with Crippen molar-refractivity contribution < 1.29 is 8.78 Å². The third kappa shape index (κ3) is 5.81. The van der Waals surface area contributed by atoms with Gasteiger partial charge in [-0.1, -0.05) is 13.8 Å². The number of hydrogen-bond acceptors (Lipinski definition) is 7. The zero-order valence-electron chi connectivity index (χ0n) is 22.1. The molecule has 0 amide bonds. The fourth-order valence-corrected chi connectivity index (χ4v) is 4.77. The van der Waals surface area contributed by atoms with Gasteiger partial charge in [-0.05, 0) is 66.5 Å². The van der Waals surface area contributed by atoms with E-state index in [1.54, 1.807) is 25.3 Å². The number of nitrogens with one attached hydrogen (secondary N) is 2. The van der Waals surface area contributed by atoms with Crippen LogP contribution in [0.2, 0.25) is 0 Å². The summed E-state index contributed by atoms with van der Waals surface area (Å²) in [5, 5.41) is 6.39. The van der Waals surface area contributed by atoms with E-state index in [4.69, 9.17) is 15.7 Å². The van der Waals surface area contributed by atoms with Gasteiger partial charge in [-0.3, -0.25) is 9.88 Å². The van der Waals surface area contributed by atoms with Crippen molar-refractivity contribution in [2.75, 3.05) is 31.5 Å². The first kappa shape index (κ1) is 26.1. The van der Waals surface area contributed by atoms with Crippen molar-refractivity contribution in [3.05, 3.63) is 70.3 Å². The fourth-order valence-electron chi connectivity index (χ4n) is 4.77. The molecule has 0 unspecified atom stereocenters. The summed E-state index contributed by atoms with van der Waals surface area (Å²) < 4.78 is 27.2. The lowest BCUT2D eigenvalue weighted by Gasteiger charge is -2.29. The van der Waals surface area contributed by atoms with E-state index in [9.17, 15) is 8.78 Å². The van der Waals surface area contributed by atoms with E-state index in [0.717, 1.165) is 50.2 Å². The molecule has 1 saturated heterocycles. The van der Waals surface area contributed by atoms with Crippen LogP contribution in [0.25, 0.3) is 0 Å². The van der Waals surface area contributed by atoms with Crippen molar-refractivity contribution in [1.29, 1.82) is 0 Å². The molecule has 10 heteroatoms. The van der Waals surface area contributed by atoms with Crippen LogP contribution in [0.3, 0.4) is 0 Å². The summed E-state index contributed by atoms with van der Waals surface area (Å²) in [5.41, 5.74) is 12.0. The number of aromatic nitrogens is 3. The first-order valence-electron chi connectivity index (χ1n) is 13.1. The quantitative estimate of drug-likeness (QED) is 0.226. The number of hydrogen-bond donors (Lipinski definition) is 3. The average Bonchev–Trinajstić information content (AvgIpc) is 3.74. The molecule has 0 bridgehead atoms. The third-order valence-electron chi connectivity index (χ3n) is 7.03. The Balaban J connectivity index is 1.51. The number of amidine groups is 1. The molecule has 3 aromatic rings. The van der Waals surface area contributed by atoms with Crippen LogP contribution >= 0.6 is 0 Å². The van der Waals surface area contributed by atoms with Gasteiger partial charge in [0.15, 0.2) is 5.82 Å². The molecule has 200 valence electrons. The lowest BCUT2D eigenvalue weighted by atomic mass is 9.97. The monoisotopic (exact) mass is 520 g/mol. The van der Waals surface area contributed by atoms with Crippen LogP contribution in [0.4, 0.5) is 26.1 Å². The molecule has 1 saturated carbocycles. The van der Waals surface area contributed by atoms with E-state index in [-0.39, 0.29) is 11.7 Å². The minimum Gasteiger partial charge on any atom is -0.383 e. The molecule has 2 aliphatic rings. The maximum atomic E-state index is 13.7. The highest BCUT2D eigenvalue weighted by Gasteiger charge is 2.30. The van der Waals surface area contributed by atoms with Crippen LogP contribution in [0.15, 0.2) is 35.6 Å². The van der Waals surface area contributed by atoms with Gasteiger partial charge in [0, 0.05) is 50.7 Å². The molecule has 2 fully saturated rings. The SMILES string of the molecule is Cc1cc(F)c(F)nc1Nc1cc(C(N)=Nc2c(C(C)C)ncc(C3CC3)c2CN2CCNCC2)ccn1. The number of rotatable bonds is 8. The molecule has 0 atom stereocenters. The molecule has 4 N–H and O–H groups in total. The van der Waals surface area contributed by atoms with Crippen molar-refractivity contribution in [2.24, 2.45) is 10.7 Å². The molecule has 38 heavy (non-hydrogen) atoms. The summed E-state index contributed by atoms with van der Waals surface area (Å²) in [7, 11) is 0. The Hall–Kier alpha value is -3.50. The minimum atomic E-state index is -1.17. The van der Waals surface area contributed by atoms with E-state index in [1.807, 2.05) is 6.20 Å².